The van der Waals surface area contributed by atoms with Gasteiger partial charge in [-0.15, -0.1) is 0 Å². The van der Waals surface area contributed by atoms with Crippen molar-refractivity contribution < 1.29 is 19.0 Å². The molecule has 6 heteroatoms. The van der Waals surface area contributed by atoms with Crippen LogP contribution in [0.15, 0.2) is 24.3 Å². The summed E-state index contributed by atoms with van der Waals surface area (Å²) in [6.07, 6.45) is 1.66. The number of hydrogen-bond donors (Lipinski definition) is 1. The standard InChI is InChI=1S/C18H25FN2O3/c1-3-21-16(22)24-18(17(21,2)23)9-12-20(13-10-18)11-8-14-4-6-15(19)7-5-14/h4-7,23H,3,8-13H2,1-2H3. The van der Waals surface area contributed by atoms with E-state index in [1.165, 1.54) is 17.0 Å². The highest BCUT2D eigenvalue weighted by Crippen LogP contribution is 2.44. The first-order chi connectivity index (χ1) is 11.4. The minimum absolute atomic E-state index is 0.218. The Labute approximate surface area is 142 Å². The molecular weight excluding hydrogens is 311 g/mol. The molecule has 0 aromatic heterocycles. The van der Waals surface area contributed by atoms with Crippen molar-refractivity contribution in [3.05, 3.63) is 35.6 Å². The SMILES string of the molecule is CCN1C(=O)OC2(CCN(CCc3ccc(F)cc3)CC2)C1(C)O. The second-order valence-corrected chi connectivity index (χ2v) is 6.85. The summed E-state index contributed by atoms with van der Waals surface area (Å²) in [6, 6.07) is 6.58. The zero-order valence-electron chi connectivity index (χ0n) is 14.3. The van der Waals surface area contributed by atoms with E-state index in [2.05, 4.69) is 4.90 Å². The lowest BCUT2D eigenvalue weighted by molar-refractivity contribution is -0.164. The highest BCUT2D eigenvalue weighted by molar-refractivity contribution is 5.72. The molecule has 1 unspecified atom stereocenters. The molecule has 24 heavy (non-hydrogen) atoms. The molecule has 2 heterocycles. The Morgan fingerprint density at radius 1 is 1.25 bits per heavy atom. The van der Waals surface area contributed by atoms with Gasteiger partial charge in [-0.25, -0.2) is 9.18 Å². The van der Waals surface area contributed by atoms with E-state index in [0.717, 1.165) is 31.6 Å². The van der Waals surface area contributed by atoms with E-state index < -0.39 is 17.4 Å². The van der Waals surface area contributed by atoms with Crippen molar-refractivity contribution in [1.29, 1.82) is 0 Å². The third kappa shape index (κ3) is 2.89. The molecule has 0 radical (unpaired) electrons. The van der Waals surface area contributed by atoms with Gasteiger partial charge in [0.2, 0.25) is 0 Å². The minimum atomic E-state index is -1.26. The van der Waals surface area contributed by atoms with E-state index in [1.807, 2.05) is 19.1 Å². The van der Waals surface area contributed by atoms with Gasteiger partial charge in [-0.05, 0) is 38.0 Å². The topological polar surface area (TPSA) is 53.0 Å². The molecule has 1 amide bonds. The van der Waals surface area contributed by atoms with E-state index in [4.69, 9.17) is 4.74 Å². The van der Waals surface area contributed by atoms with Crippen LogP contribution in [0.1, 0.15) is 32.3 Å². The Balaban J connectivity index is 1.58. The number of rotatable bonds is 4. The molecule has 2 fully saturated rings. The van der Waals surface area contributed by atoms with Gasteiger partial charge in [0, 0.05) is 39.0 Å². The number of ether oxygens (including phenoxy) is 1. The Morgan fingerprint density at radius 3 is 2.42 bits per heavy atom. The molecule has 1 atom stereocenters. The van der Waals surface area contributed by atoms with E-state index in [1.54, 1.807) is 6.92 Å². The smallest absolute Gasteiger partial charge is 0.412 e. The van der Waals surface area contributed by atoms with Crippen LogP contribution in [0, 0.1) is 5.82 Å². The molecule has 0 aliphatic carbocycles. The maximum absolute atomic E-state index is 12.9. The Kier molecular flexibility index (Phi) is 4.53. The largest absolute Gasteiger partial charge is 0.437 e. The predicted octanol–water partition coefficient (Wildman–Crippen LogP) is 2.38. The number of aliphatic hydroxyl groups is 1. The van der Waals surface area contributed by atoms with Gasteiger partial charge in [0.1, 0.15) is 5.82 Å². The average Bonchev–Trinajstić information content (AvgIpc) is 2.73. The summed E-state index contributed by atoms with van der Waals surface area (Å²) in [5, 5.41) is 10.8. The molecule has 0 bridgehead atoms. The number of amides is 1. The lowest BCUT2D eigenvalue weighted by Crippen LogP contribution is -2.60. The van der Waals surface area contributed by atoms with Gasteiger partial charge in [0.25, 0.3) is 0 Å². The van der Waals surface area contributed by atoms with Gasteiger partial charge < -0.3 is 14.7 Å². The fraction of sp³-hybridized carbons (Fsp3) is 0.611. The highest BCUT2D eigenvalue weighted by Gasteiger charge is 2.62. The molecule has 0 saturated carbocycles. The highest BCUT2D eigenvalue weighted by atomic mass is 19.1. The van der Waals surface area contributed by atoms with Crippen LogP contribution in [0.3, 0.4) is 0 Å². The number of benzene rings is 1. The summed E-state index contributed by atoms with van der Waals surface area (Å²) in [7, 11) is 0. The monoisotopic (exact) mass is 336 g/mol. The zero-order chi connectivity index (χ0) is 17.4. The first kappa shape index (κ1) is 17.2. The van der Waals surface area contributed by atoms with Gasteiger partial charge in [0.15, 0.2) is 11.3 Å². The van der Waals surface area contributed by atoms with Crippen molar-refractivity contribution in [2.24, 2.45) is 0 Å². The van der Waals surface area contributed by atoms with Gasteiger partial charge in [-0.2, -0.15) is 0 Å². The number of carbonyl (C=O) groups excluding carboxylic acids is 1. The molecule has 132 valence electrons. The van der Waals surface area contributed by atoms with Crippen LogP contribution in [0.25, 0.3) is 0 Å². The molecule has 3 rings (SSSR count). The maximum Gasteiger partial charge on any atom is 0.412 e. The summed E-state index contributed by atoms with van der Waals surface area (Å²) in [5.74, 6) is -0.218. The normalized spacial score (nSPS) is 26.8. The second kappa shape index (κ2) is 6.33. The summed E-state index contributed by atoms with van der Waals surface area (Å²) >= 11 is 0. The molecule has 1 aromatic rings. The molecule has 2 saturated heterocycles. The lowest BCUT2D eigenvalue weighted by atomic mass is 9.82. The van der Waals surface area contributed by atoms with Crippen molar-refractivity contribution >= 4 is 6.09 Å². The van der Waals surface area contributed by atoms with Crippen LogP contribution in [-0.2, 0) is 11.2 Å². The molecule has 2 aliphatic rings. The number of likely N-dealkylation sites (tertiary alicyclic amines) is 1. The van der Waals surface area contributed by atoms with Crippen molar-refractivity contribution in [2.45, 2.75) is 44.4 Å². The van der Waals surface area contributed by atoms with Crippen LogP contribution in [0.4, 0.5) is 9.18 Å². The fourth-order valence-electron chi connectivity index (χ4n) is 3.83. The number of nitrogens with zero attached hydrogens (tertiary/aromatic N) is 2. The summed E-state index contributed by atoms with van der Waals surface area (Å²) in [4.78, 5) is 15.7. The quantitative estimate of drug-likeness (QED) is 0.917. The summed E-state index contributed by atoms with van der Waals surface area (Å²) in [6.45, 7) is 6.35. The van der Waals surface area contributed by atoms with Crippen LogP contribution >= 0.6 is 0 Å². The zero-order valence-corrected chi connectivity index (χ0v) is 14.3. The van der Waals surface area contributed by atoms with Crippen LogP contribution in [-0.4, -0.2) is 58.5 Å². The number of piperidine rings is 1. The summed E-state index contributed by atoms with van der Waals surface area (Å²) < 4.78 is 18.5. The van der Waals surface area contributed by atoms with Crippen molar-refractivity contribution in [3.8, 4) is 0 Å². The number of halogens is 1. The number of carbonyl (C=O) groups is 1. The number of likely N-dealkylation sites (N-methyl/N-ethyl adjacent to an activating group) is 1. The van der Waals surface area contributed by atoms with Crippen LogP contribution in [0.5, 0.6) is 0 Å². The molecule has 1 N–H and O–H groups in total. The Morgan fingerprint density at radius 2 is 1.88 bits per heavy atom. The molecule has 5 nitrogen and oxygen atoms in total. The molecular formula is C18H25FN2O3. The third-order valence-electron chi connectivity index (χ3n) is 5.50. The van der Waals surface area contributed by atoms with E-state index in [0.29, 0.717) is 19.4 Å². The van der Waals surface area contributed by atoms with E-state index in [-0.39, 0.29) is 5.82 Å². The first-order valence-electron chi connectivity index (χ1n) is 8.58. The average molecular weight is 336 g/mol. The third-order valence-corrected chi connectivity index (χ3v) is 5.50. The Hall–Kier alpha value is -1.66. The van der Waals surface area contributed by atoms with Crippen molar-refractivity contribution in [1.82, 2.24) is 9.80 Å². The molecule has 1 aromatic carbocycles. The number of hydrogen-bond acceptors (Lipinski definition) is 4. The van der Waals surface area contributed by atoms with E-state index >= 15 is 0 Å². The van der Waals surface area contributed by atoms with Gasteiger partial charge >= 0.3 is 6.09 Å². The minimum Gasteiger partial charge on any atom is -0.437 e. The fourth-order valence-corrected chi connectivity index (χ4v) is 3.83. The predicted molar refractivity (Wildman–Crippen MR) is 88.0 cm³/mol. The van der Waals surface area contributed by atoms with Gasteiger partial charge in [-0.3, -0.25) is 4.90 Å². The van der Waals surface area contributed by atoms with Crippen LogP contribution in [0.2, 0.25) is 0 Å². The summed E-state index contributed by atoms with van der Waals surface area (Å²) in [5.41, 5.74) is -0.970. The Bertz CT molecular complexity index is 595. The lowest BCUT2D eigenvalue weighted by Gasteiger charge is -2.44. The first-order valence-corrected chi connectivity index (χ1v) is 8.58. The van der Waals surface area contributed by atoms with Crippen molar-refractivity contribution in [3.63, 3.8) is 0 Å². The van der Waals surface area contributed by atoms with Crippen LogP contribution < -0.4 is 0 Å². The van der Waals surface area contributed by atoms with E-state index in [9.17, 15) is 14.3 Å². The maximum atomic E-state index is 12.9. The second-order valence-electron chi connectivity index (χ2n) is 6.85. The van der Waals surface area contributed by atoms with Crippen molar-refractivity contribution in [2.75, 3.05) is 26.2 Å². The van der Waals surface area contributed by atoms with Gasteiger partial charge in [0.05, 0.1) is 0 Å². The van der Waals surface area contributed by atoms with Gasteiger partial charge in [-0.1, -0.05) is 12.1 Å². The molecule has 2 aliphatic heterocycles. The molecule has 1 spiro atoms.